The van der Waals surface area contributed by atoms with Gasteiger partial charge in [-0.3, -0.25) is 0 Å². The maximum atomic E-state index is 3.52. The topological polar surface area (TPSA) is 0 Å². The quantitative estimate of drug-likeness (QED) is 0.688. The maximum absolute atomic E-state index is 3.52. The predicted molar refractivity (Wildman–Crippen MR) is 80.0 cm³/mol. The molecule has 0 amide bonds. The van der Waals surface area contributed by atoms with Gasteiger partial charge in [0.2, 0.25) is 0 Å². The molecule has 0 spiro atoms. The van der Waals surface area contributed by atoms with Crippen LogP contribution in [-0.2, 0) is 6.42 Å². The van der Waals surface area contributed by atoms with E-state index in [0.29, 0.717) is 5.92 Å². The Hall–Kier alpha value is -0.600. The van der Waals surface area contributed by atoms with Crippen molar-refractivity contribution in [3.05, 3.63) is 56.2 Å². The first-order chi connectivity index (χ1) is 8.19. The van der Waals surface area contributed by atoms with E-state index >= 15 is 0 Å². The van der Waals surface area contributed by atoms with E-state index in [9.17, 15) is 0 Å². The number of benzene rings is 1. The third-order valence-electron chi connectivity index (χ3n) is 3.12. The minimum Gasteiger partial charge on any atom is -0.148 e. The van der Waals surface area contributed by atoms with E-state index < -0.39 is 0 Å². The molecule has 1 heterocycles. The molecule has 1 aromatic carbocycles. The average molecular weight is 309 g/mol. The zero-order valence-corrected chi connectivity index (χ0v) is 12.6. The lowest BCUT2D eigenvalue weighted by molar-refractivity contribution is 0.736. The SMILES string of the molecule is CCC(C)c1csc(Cc2cccc(Br)c2)c1. The summed E-state index contributed by atoms with van der Waals surface area (Å²) in [6.45, 7) is 4.54. The van der Waals surface area contributed by atoms with Crippen LogP contribution in [0, 0.1) is 0 Å². The van der Waals surface area contributed by atoms with Crippen LogP contribution in [0.2, 0.25) is 0 Å². The van der Waals surface area contributed by atoms with E-state index in [1.807, 2.05) is 11.3 Å². The summed E-state index contributed by atoms with van der Waals surface area (Å²) in [5.74, 6) is 0.683. The molecule has 0 nitrogen and oxygen atoms in total. The molecule has 0 aliphatic rings. The molecule has 17 heavy (non-hydrogen) atoms. The van der Waals surface area contributed by atoms with E-state index in [4.69, 9.17) is 0 Å². The molecule has 2 rings (SSSR count). The Kier molecular flexibility index (Phi) is 4.41. The van der Waals surface area contributed by atoms with Crippen molar-refractivity contribution in [3.8, 4) is 0 Å². The number of hydrogen-bond donors (Lipinski definition) is 0. The van der Waals surface area contributed by atoms with Crippen molar-refractivity contribution in [1.29, 1.82) is 0 Å². The van der Waals surface area contributed by atoms with Crippen LogP contribution in [0.5, 0.6) is 0 Å². The second kappa shape index (κ2) is 5.83. The fourth-order valence-electron chi connectivity index (χ4n) is 1.83. The summed E-state index contributed by atoms with van der Waals surface area (Å²) in [4.78, 5) is 1.46. The second-order valence-corrected chi connectivity index (χ2v) is 6.37. The molecule has 0 radical (unpaired) electrons. The van der Waals surface area contributed by atoms with Crippen LogP contribution in [0.25, 0.3) is 0 Å². The molecule has 1 atom stereocenters. The summed E-state index contributed by atoms with van der Waals surface area (Å²) >= 11 is 5.40. The lowest BCUT2D eigenvalue weighted by Gasteiger charge is -2.04. The standard InChI is InChI=1S/C15H17BrS/c1-3-11(2)13-9-15(17-10-13)8-12-5-4-6-14(16)7-12/h4-7,9-11H,3,8H2,1-2H3. The van der Waals surface area contributed by atoms with Crippen LogP contribution in [-0.4, -0.2) is 0 Å². The Morgan fingerprint density at radius 2 is 2.12 bits per heavy atom. The molecule has 2 heteroatoms. The Labute approximate surface area is 116 Å². The molecule has 0 saturated heterocycles. The first kappa shape index (κ1) is 12.8. The van der Waals surface area contributed by atoms with Gasteiger partial charge in [0.05, 0.1) is 0 Å². The molecule has 2 aromatic rings. The molecule has 90 valence electrons. The third kappa shape index (κ3) is 3.43. The van der Waals surface area contributed by atoms with Gasteiger partial charge in [-0.25, -0.2) is 0 Å². The van der Waals surface area contributed by atoms with Crippen molar-refractivity contribution in [2.45, 2.75) is 32.6 Å². The number of thiophene rings is 1. The normalized spacial score (nSPS) is 12.6. The van der Waals surface area contributed by atoms with Gasteiger partial charge in [0.1, 0.15) is 0 Å². The highest BCUT2D eigenvalue weighted by Crippen LogP contribution is 2.26. The van der Waals surface area contributed by atoms with Crippen LogP contribution >= 0.6 is 27.3 Å². The van der Waals surface area contributed by atoms with Crippen molar-refractivity contribution in [3.63, 3.8) is 0 Å². The monoisotopic (exact) mass is 308 g/mol. The third-order valence-corrected chi connectivity index (χ3v) is 4.57. The fraction of sp³-hybridized carbons (Fsp3) is 0.333. The summed E-state index contributed by atoms with van der Waals surface area (Å²) in [7, 11) is 0. The first-order valence-corrected chi connectivity index (χ1v) is 7.68. The van der Waals surface area contributed by atoms with Gasteiger partial charge in [-0.15, -0.1) is 11.3 Å². The summed E-state index contributed by atoms with van der Waals surface area (Å²) in [5.41, 5.74) is 2.86. The van der Waals surface area contributed by atoms with Gasteiger partial charge in [0.15, 0.2) is 0 Å². The molecular weight excluding hydrogens is 292 g/mol. The molecule has 0 saturated carbocycles. The average Bonchev–Trinajstić information content (AvgIpc) is 2.76. The van der Waals surface area contributed by atoms with Gasteiger partial charge in [0.25, 0.3) is 0 Å². The minimum absolute atomic E-state index is 0.683. The summed E-state index contributed by atoms with van der Waals surface area (Å²) in [6, 6.07) is 10.9. The highest BCUT2D eigenvalue weighted by Gasteiger charge is 2.06. The molecule has 1 aromatic heterocycles. The minimum atomic E-state index is 0.683. The molecular formula is C15H17BrS. The summed E-state index contributed by atoms with van der Waals surface area (Å²) in [6.07, 6.45) is 2.26. The van der Waals surface area contributed by atoms with Crippen molar-refractivity contribution < 1.29 is 0 Å². The van der Waals surface area contributed by atoms with Crippen molar-refractivity contribution >= 4 is 27.3 Å². The van der Waals surface area contributed by atoms with E-state index in [0.717, 1.165) is 10.9 Å². The van der Waals surface area contributed by atoms with Crippen molar-refractivity contribution in [2.75, 3.05) is 0 Å². The molecule has 0 fully saturated rings. The van der Waals surface area contributed by atoms with Gasteiger partial charge >= 0.3 is 0 Å². The number of hydrogen-bond acceptors (Lipinski definition) is 1. The smallest absolute Gasteiger partial charge is 0.0178 e. The lowest BCUT2D eigenvalue weighted by Crippen LogP contribution is -1.88. The van der Waals surface area contributed by atoms with Gasteiger partial charge in [-0.05, 0) is 47.0 Å². The van der Waals surface area contributed by atoms with Gasteiger partial charge in [-0.1, -0.05) is 41.9 Å². The van der Waals surface area contributed by atoms with Crippen molar-refractivity contribution in [1.82, 2.24) is 0 Å². The Morgan fingerprint density at radius 1 is 1.29 bits per heavy atom. The van der Waals surface area contributed by atoms with Crippen LogP contribution in [0.4, 0.5) is 0 Å². The fourth-order valence-corrected chi connectivity index (χ4v) is 3.32. The zero-order valence-electron chi connectivity index (χ0n) is 10.2. The van der Waals surface area contributed by atoms with Gasteiger partial charge < -0.3 is 0 Å². The van der Waals surface area contributed by atoms with Crippen LogP contribution in [0.15, 0.2) is 40.2 Å². The van der Waals surface area contributed by atoms with E-state index in [1.165, 1.54) is 22.4 Å². The highest BCUT2D eigenvalue weighted by molar-refractivity contribution is 9.10. The summed E-state index contributed by atoms with van der Waals surface area (Å²) < 4.78 is 1.16. The largest absolute Gasteiger partial charge is 0.148 e. The first-order valence-electron chi connectivity index (χ1n) is 6.00. The van der Waals surface area contributed by atoms with Crippen LogP contribution in [0.3, 0.4) is 0 Å². The molecule has 0 N–H and O–H groups in total. The highest BCUT2D eigenvalue weighted by atomic mass is 79.9. The van der Waals surface area contributed by atoms with Crippen molar-refractivity contribution in [2.24, 2.45) is 0 Å². The molecule has 1 unspecified atom stereocenters. The van der Waals surface area contributed by atoms with Crippen LogP contribution < -0.4 is 0 Å². The number of rotatable bonds is 4. The molecule has 0 aliphatic heterocycles. The second-order valence-electron chi connectivity index (χ2n) is 4.46. The lowest BCUT2D eigenvalue weighted by atomic mass is 10.0. The Morgan fingerprint density at radius 3 is 2.82 bits per heavy atom. The van der Waals surface area contributed by atoms with E-state index in [-0.39, 0.29) is 0 Å². The zero-order chi connectivity index (χ0) is 12.3. The summed E-state index contributed by atoms with van der Waals surface area (Å²) in [5, 5.41) is 2.31. The molecule has 0 bridgehead atoms. The Balaban J connectivity index is 2.11. The maximum Gasteiger partial charge on any atom is 0.0178 e. The number of halogens is 1. The van der Waals surface area contributed by atoms with E-state index in [2.05, 4.69) is 65.5 Å². The van der Waals surface area contributed by atoms with Gasteiger partial charge in [-0.2, -0.15) is 0 Å². The Bertz CT molecular complexity index is 487. The van der Waals surface area contributed by atoms with Gasteiger partial charge in [0, 0.05) is 15.8 Å². The predicted octanol–water partition coefficient (Wildman–Crippen LogP) is 5.61. The van der Waals surface area contributed by atoms with Crippen LogP contribution in [0.1, 0.15) is 42.2 Å². The van der Waals surface area contributed by atoms with E-state index in [1.54, 1.807) is 0 Å². The molecule has 0 aliphatic carbocycles.